The highest BCUT2D eigenvalue weighted by atomic mass is 16.2. The summed E-state index contributed by atoms with van der Waals surface area (Å²) in [6.45, 7) is 2.62. The Bertz CT molecular complexity index is 352. The van der Waals surface area contributed by atoms with Crippen LogP contribution in [0.5, 0.6) is 0 Å². The Hall–Kier alpha value is -1.91. The van der Waals surface area contributed by atoms with Crippen molar-refractivity contribution >= 4 is 11.8 Å². The molecular formula is C11H15N3O2. The van der Waals surface area contributed by atoms with Gasteiger partial charge >= 0.3 is 11.8 Å². The van der Waals surface area contributed by atoms with E-state index in [1.807, 2.05) is 18.2 Å². The number of carbonyl (C=O) groups excluding carboxylic acids is 2. The molecule has 0 radical (unpaired) electrons. The first kappa shape index (κ1) is 12.2. The normalized spacial score (nSPS) is 9.56. The molecule has 0 aliphatic carbocycles. The first-order valence-electron chi connectivity index (χ1n) is 5.20. The van der Waals surface area contributed by atoms with Crippen molar-refractivity contribution in [2.24, 2.45) is 0 Å². The highest BCUT2D eigenvalue weighted by Gasteiger charge is 2.10. The monoisotopic (exact) mass is 221 g/mol. The number of pyridine rings is 1. The van der Waals surface area contributed by atoms with E-state index < -0.39 is 11.8 Å². The first-order valence-corrected chi connectivity index (χ1v) is 5.20. The fraction of sp³-hybridized carbons (Fsp3) is 0.364. The zero-order valence-electron chi connectivity index (χ0n) is 9.19. The summed E-state index contributed by atoms with van der Waals surface area (Å²) in [5.41, 5.74) is 0.888. The topological polar surface area (TPSA) is 71.1 Å². The minimum Gasteiger partial charge on any atom is -0.348 e. The summed E-state index contributed by atoms with van der Waals surface area (Å²) in [5.74, 6) is -1.19. The summed E-state index contributed by atoms with van der Waals surface area (Å²) in [7, 11) is 0. The number of amides is 2. The molecule has 1 aromatic rings. The SMILES string of the molecule is CCNC(=O)C(=O)NCCc1ccccn1. The molecule has 2 amide bonds. The Kier molecular flexibility index (Phi) is 4.98. The van der Waals surface area contributed by atoms with Crippen molar-refractivity contribution in [3.05, 3.63) is 30.1 Å². The van der Waals surface area contributed by atoms with Gasteiger partial charge in [0.15, 0.2) is 0 Å². The lowest BCUT2D eigenvalue weighted by atomic mass is 10.3. The van der Waals surface area contributed by atoms with Crippen molar-refractivity contribution in [2.45, 2.75) is 13.3 Å². The lowest BCUT2D eigenvalue weighted by Gasteiger charge is -2.04. The summed E-state index contributed by atoms with van der Waals surface area (Å²) in [4.78, 5) is 26.3. The Morgan fingerprint density at radius 2 is 2.00 bits per heavy atom. The molecule has 0 saturated carbocycles. The van der Waals surface area contributed by atoms with E-state index in [0.29, 0.717) is 19.5 Å². The third-order valence-corrected chi connectivity index (χ3v) is 1.94. The third kappa shape index (κ3) is 4.08. The van der Waals surface area contributed by atoms with Crippen molar-refractivity contribution in [3.8, 4) is 0 Å². The second kappa shape index (κ2) is 6.55. The summed E-state index contributed by atoms with van der Waals surface area (Å²) in [6, 6.07) is 5.59. The third-order valence-electron chi connectivity index (χ3n) is 1.94. The van der Waals surface area contributed by atoms with Crippen LogP contribution >= 0.6 is 0 Å². The summed E-state index contributed by atoms with van der Waals surface area (Å²) in [5, 5.41) is 4.95. The zero-order chi connectivity index (χ0) is 11.8. The molecule has 2 N–H and O–H groups in total. The Morgan fingerprint density at radius 3 is 2.62 bits per heavy atom. The molecular weight excluding hydrogens is 206 g/mol. The van der Waals surface area contributed by atoms with Crippen LogP contribution in [-0.2, 0) is 16.0 Å². The number of likely N-dealkylation sites (N-methyl/N-ethyl adjacent to an activating group) is 1. The zero-order valence-corrected chi connectivity index (χ0v) is 9.19. The quantitative estimate of drug-likeness (QED) is 0.696. The molecule has 5 heteroatoms. The van der Waals surface area contributed by atoms with Crippen LogP contribution in [0.3, 0.4) is 0 Å². The van der Waals surface area contributed by atoms with Crippen LogP contribution in [-0.4, -0.2) is 29.9 Å². The number of nitrogens with zero attached hydrogens (tertiary/aromatic N) is 1. The van der Waals surface area contributed by atoms with Gasteiger partial charge in [-0.1, -0.05) is 6.07 Å². The van der Waals surface area contributed by atoms with E-state index in [1.54, 1.807) is 13.1 Å². The van der Waals surface area contributed by atoms with Gasteiger partial charge in [0.25, 0.3) is 0 Å². The van der Waals surface area contributed by atoms with Crippen LogP contribution < -0.4 is 10.6 Å². The van der Waals surface area contributed by atoms with Gasteiger partial charge < -0.3 is 10.6 Å². The van der Waals surface area contributed by atoms with Gasteiger partial charge in [-0.3, -0.25) is 14.6 Å². The lowest BCUT2D eigenvalue weighted by molar-refractivity contribution is -0.139. The first-order chi connectivity index (χ1) is 7.74. The fourth-order valence-corrected chi connectivity index (χ4v) is 1.17. The van der Waals surface area contributed by atoms with Crippen LogP contribution in [0.1, 0.15) is 12.6 Å². The lowest BCUT2D eigenvalue weighted by Crippen LogP contribution is -2.40. The largest absolute Gasteiger partial charge is 0.348 e. The maximum Gasteiger partial charge on any atom is 0.309 e. The maximum atomic E-state index is 11.2. The second-order valence-electron chi connectivity index (χ2n) is 3.19. The molecule has 0 fully saturated rings. The summed E-state index contributed by atoms with van der Waals surface area (Å²) >= 11 is 0. The van der Waals surface area contributed by atoms with E-state index in [4.69, 9.17) is 0 Å². The van der Waals surface area contributed by atoms with Crippen LogP contribution in [0.15, 0.2) is 24.4 Å². The average Bonchev–Trinajstić information content (AvgIpc) is 2.30. The van der Waals surface area contributed by atoms with Gasteiger partial charge in [0.2, 0.25) is 0 Å². The van der Waals surface area contributed by atoms with Crippen LogP contribution in [0.25, 0.3) is 0 Å². The molecule has 0 atom stereocenters. The molecule has 0 aromatic carbocycles. The second-order valence-corrected chi connectivity index (χ2v) is 3.19. The van der Waals surface area contributed by atoms with Crippen molar-refractivity contribution in [3.63, 3.8) is 0 Å². The molecule has 1 aromatic heterocycles. The van der Waals surface area contributed by atoms with Crippen LogP contribution in [0.2, 0.25) is 0 Å². The van der Waals surface area contributed by atoms with E-state index >= 15 is 0 Å². The molecule has 16 heavy (non-hydrogen) atoms. The molecule has 1 heterocycles. The number of carbonyl (C=O) groups is 2. The average molecular weight is 221 g/mol. The summed E-state index contributed by atoms with van der Waals surface area (Å²) in [6.07, 6.45) is 2.31. The van der Waals surface area contributed by atoms with Gasteiger partial charge in [0.1, 0.15) is 0 Å². The fourth-order valence-electron chi connectivity index (χ4n) is 1.17. The Labute approximate surface area is 94.3 Å². The number of hydrogen-bond acceptors (Lipinski definition) is 3. The van der Waals surface area contributed by atoms with E-state index in [1.165, 1.54) is 0 Å². The van der Waals surface area contributed by atoms with Crippen LogP contribution in [0, 0.1) is 0 Å². The number of rotatable bonds is 4. The summed E-state index contributed by atoms with van der Waals surface area (Å²) < 4.78 is 0. The Balaban J connectivity index is 2.26. The van der Waals surface area contributed by atoms with Crippen molar-refractivity contribution in [1.29, 1.82) is 0 Å². The highest BCUT2D eigenvalue weighted by molar-refractivity contribution is 6.35. The number of nitrogens with one attached hydrogen (secondary N) is 2. The van der Waals surface area contributed by atoms with Crippen molar-refractivity contribution < 1.29 is 9.59 Å². The molecule has 0 unspecified atom stereocenters. The predicted molar refractivity (Wildman–Crippen MR) is 59.6 cm³/mol. The molecule has 5 nitrogen and oxygen atoms in total. The highest BCUT2D eigenvalue weighted by Crippen LogP contribution is 1.92. The smallest absolute Gasteiger partial charge is 0.309 e. The predicted octanol–water partition coefficient (Wildman–Crippen LogP) is -0.124. The maximum absolute atomic E-state index is 11.2. The van der Waals surface area contributed by atoms with Gasteiger partial charge in [0, 0.05) is 31.4 Å². The van der Waals surface area contributed by atoms with Gasteiger partial charge in [-0.05, 0) is 19.1 Å². The van der Waals surface area contributed by atoms with Crippen LogP contribution in [0.4, 0.5) is 0 Å². The van der Waals surface area contributed by atoms with E-state index in [-0.39, 0.29) is 0 Å². The molecule has 0 aliphatic heterocycles. The Morgan fingerprint density at radius 1 is 1.25 bits per heavy atom. The van der Waals surface area contributed by atoms with Crippen molar-refractivity contribution in [2.75, 3.05) is 13.1 Å². The molecule has 0 spiro atoms. The molecule has 0 saturated heterocycles. The van der Waals surface area contributed by atoms with E-state index in [9.17, 15) is 9.59 Å². The minimum atomic E-state index is -0.599. The molecule has 0 aliphatic rings. The van der Waals surface area contributed by atoms with Gasteiger partial charge in [-0.2, -0.15) is 0 Å². The van der Waals surface area contributed by atoms with E-state index in [2.05, 4.69) is 15.6 Å². The van der Waals surface area contributed by atoms with Gasteiger partial charge in [-0.25, -0.2) is 0 Å². The van der Waals surface area contributed by atoms with E-state index in [0.717, 1.165) is 5.69 Å². The molecule has 0 bridgehead atoms. The molecule has 1 rings (SSSR count). The van der Waals surface area contributed by atoms with Gasteiger partial charge in [-0.15, -0.1) is 0 Å². The van der Waals surface area contributed by atoms with Crippen molar-refractivity contribution in [1.82, 2.24) is 15.6 Å². The number of aromatic nitrogens is 1. The molecule has 86 valence electrons. The van der Waals surface area contributed by atoms with Gasteiger partial charge in [0.05, 0.1) is 0 Å². The number of hydrogen-bond donors (Lipinski definition) is 2. The standard InChI is InChI=1S/C11H15N3O2/c1-2-12-10(15)11(16)14-8-6-9-5-3-4-7-13-9/h3-5,7H,2,6,8H2,1H3,(H,12,15)(H,14,16). The minimum absolute atomic E-state index is 0.410.